The van der Waals surface area contributed by atoms with Crippen molar-refractivity contribution in [1.29, 1.82) is 0 Å². The summed E-state index contributed by atoms with van der Waals surface area (Å²) in [5.74, 6) is -0.820. The SMILES string of the molecule is O=C(O)/C=C/c1nnc(-c2ccc(Cl)cc2Cl)o1. The van der Waals surface area contributed by atoms with Crippen LogP contribution in [-0.4, -0.2) is 21.3 Å². The van der Waals surface area contributed by atoms with Crippen LogP contribution < -0.4 is 0 Å². The number of halogens is 2. The fourth-order valence-electron chi connectivity index (χ4n) is 1.22. The van der Waals surface area contributed by atoms with Crippen LogP contribution in [0.4, 0.5) is 0 Å². The van der Waals surface area contributed by atoms with Gasteiger partial charge >= 0.3 is 5.97 Å². The van der Waals surface area contributed by atoms with Gasteiger partial charge in [-0.25, -0.2) is 4.79 Å². The third kappa shape index (κ3) is 2.88. The number of aromatic nitrogens is 2. The van der Waals surface area contributed by atoms with Crippen molar-refractivity contribution in [2.75, 3.05) is 0 Å². The van der Waals surface area contributed by atoms with Gasteiger partial charge in [0, 0.05) is 17.2 Å². The Morgan fingerprint density at radius 3 is 2.78 bits per heavy atom. The lowest BCUT2D eigenvalue weighted by Gasteiger charge is -1.98. The van der Waals surface area contributed by atoms with Crippen molar-refractivity contribution in [1.82, 2.24) is 10.2 Å². The molecule has 1 aromatic carbocycles. The van der Waals surface area contributed by atoms with Crippen LogP contribution in [0.15, 0.2) is 28.7 Å². The van der Waals surface area contributed by atoms with Gasteiger partial charge in [0.15, 0.2) is 0 Å². The van der Waals surface area contributed by atoms with Crippen molar-refractivity contribution in [2.45, 2.75) is 0 Å². The summed E-state index contributed by atoms with van der Waals surface area (Å²) in [6.07, 6.45) is 2.10. The summed E-state index contributed by atoms with van der Waals surface area (Å²) in [6.45, 7) is 0. The molecule has 0 atom stereocenters. The minimum Gasteiger partial charge on any atom is -0.478 e. The first-order chi connectivity index (χ1) is 8.56. The highest BCUT2D eigenvalue weighted by Gasteiger charge is 2.11. The van der Waals surface area contributed by atoms with E-state index in [-0.39, 0.29) is 11.8 Å². The first-order valence-electron chi connectivity index (χ1n) is 4.76. The van der Waals surface area contributed by atoms with Crippen molar-refractivity contribution in [3.63, 3.8) is 0 Å². The number of carboxylic acid groups (broad SMARTS) is 1. The van der Waals surface area contributed by atoms with Crippen LogP contribution in [0.5, 0.6) is 0 Å². The summed E-state index contributed by atoms with van der Waals surface area (Å²) in [4.78, 5) is 10.3. The van der Waals surface area contributed by atoms with E-state index in [0.717, 1.165) is 6.08 Å². The number of nitrogens with zero attached hydrogens (tertiary/aromatic N) is 2. The second kappa shape index (κ2) is 5.20. The molecule has 0 saturated carbocycles. The number of aliphatic carboxylic acids is 1. The van der Waals surface area contributed by atoms with Crippen LogP contribution >= 0.6 is 23.2 Å². The Balaban J connectivity index is 2.32. The zero-order chi connectivity index (χ0) is 13.1. The molecule has 2 aromatic rings. The van der Waals surface area contributed by atoms with Crippen molar-refractivity contribution >= 4 is 35.2 Å². The normalized spacial score (nSPS) is 11.0. The van der Waals surface area contributed by atoms with Gasteiger partial charge in [-0.3, -0.25) is 0 Å². The van der Waals surface area contributed by atoms with E-state index >= 15 is 0 Å². The van der Waals surface area contributed by atoms with Gasteiger partial charge in [-0.05, 0) is 18.2 Å². The summed E-state index contributed by atoms with van der Waals surface area (Å²) in [5, 5.41) is 16.8. The summed E-state index contributed by atoms with van der Waals surface area (Å²) < 4.78 is 5.24. The molecule has 7 heteroatoms. The first kappa shape index (κ1) is 12.6. The quantitative estimate of drug-likeness (QED) is 0.876. The Bertz CT molecular complexity index is 623. The number of hydrogen-bond acceptors (Lipinski definition) is 4. The maximum Gasteiger partial charge on any atom is 0.328 e. The van der Waals surface area contributed by atoms with E-state index in [0.29, 0.717) is 15.6 Å². The molecule has 1 aromatic heterocycles. The van der Waals surface area contributed by atoms with Crippen LogP contribution in [0, 0.1) is 0 Å². The highest BCUT2D eigenvalue weighted by molar-refractivity contribution is 6.36. The van der Waals surface area contributed by atoms with Crippen LogP contribution in [0.25, 0.3) is 17.5 Å². The molecule has 0 saturated heterocycles. The molecule has 0 aliphatic heterocycles. The van der Waals surface area contributed by atoms with Crippen molar-refractivity contribution in [3.8, 4) is 11.5 Å². The largest absolute Gasteiger partial charge is 0.478 e. The third-order valence-corrected chi connectivity index (χ3v) is 2.52. The summed E-state index contributed by atoms with van der Waals surface area (Å²) >= 11 is 11.7. The lowest BCUT2D eigenvalue weighted by Crippen LogP contribution is -1.85. The van der Waals surface area contributed by atoms with Crippen molar-refractivity contribution in [3.05, 3.63) is 40.2 Å². The molecule has 1 heterocycles. The molecular weight excluding hydrogens is 279 g/mol. The maximum absolute atomic E-state index is 10.3. The molecule has 0 amide bonds. The Morgan fingerprint density at radius 1 is 1.33 bits per heavy atom. The van der Waals surface area contributed by atoms with Gasteiger partial charge in [0.25, 0.3) is 0 Å². The van der Waals surface area contributed by atoms with Crippen LogP contribution in [-0.2, 0) is 4.79 Å². The minimum absolute atomic E-state index is 0.0819. The topological polar surface area (TPSA) is 76.2 Å². The molecule has 0 unspecified atom stereocenters. The van der Waals surface area contributed by atoms with Gasteiger partial charge in [0.1, 0.15) is 0 Å². The predicted octanol–water partition coefficient (Wildman–Crippen LogP) is 3.14. The molecule has 18 heavy (non-hydrogen) atoms. The monoisotopic (exact) mass is 284 g/mol. The smallest absolute Gasteiger partial charge is 0.328 e. The molecule has 5 nitrogen and oxygen atoms in total. The van der Waals surface area contributed by atoms with E-state index in [1.54, 1.807) is 18.2 Å². The van der Waals surface area contributed by atoms with Gasteiger partial charge < -0.3 is 9.52 Å². The minimum atomic E-state index is -1.10. The lowest BCUT2D eigenvalue weighted by atomic mass is 10.2. The highest BCUT2D eigenvalue weighted by Crippen LogP contribution is 2.29. The summed E-state index contributed by atoms with van der Waals surface area (Å²) in [5.41, 5.74) is 0.531. The fourth-order valence-corrected chi connectivity index (χ4v) is 1.71. The third-order valence-electron chi connectivity index (χ3n) is 1.97. The fraction of sp³-hybridized carbons (Fsp3) is 0. The zero-order valence-corrected chi connectivity index (χ0v) is 10.3. The predicted molar refractivity (Wildman–Crippen MR) is 66.4 cm³/mol. The number of carboxylic acids is 1. The molecule has 0 bridgehead atoms. The summed E-state index contributed by atoms with van der Waals surface area (Å²) in [6, 6.07) is 4.83. The van der Waals surface area contributed by atoms with E-state index in [1.165, 1.54) is 6.08 Å². The highest BCUT2D eigenvalue weighted by atomic mass is 35.5. The maximum atomic E-state index is 10.3. The lowest BCUT2D eigenvalue weighted by molar-refractivity contribution is -0.131. The Morgan fingerprint density at radius 2 is 2.11 bits per heavy atom. The van der Waals surface area contributed by atoms with Crippen LogP contribution in [0.3, 0.4) is 0 Å². The Labute approximate surface area is 112 Å². The Hall–Kier alpha value is -1.85. The zero-order valence-electron chi connectivity index (χ0n) is 8.80. The van der Waals surface area contributed by atoms with Crippen LogP contribution in [0.2, 0.25) is 10.0 Å². The summed E-state index contributed by atoms with van der Waals surface area (Å²) in [7, 11) is 0. The molecule has 2 rings (SSSR count). The molecular formula is C11H6Cl2N2O3. The molecule has 0 aliphatic carbocycles. The van der Waals surface area contributed by atoms with Gasteiger partial charge in [-0.1, -0.05) is 23.2 Å². The molecule has 0 fully saturated rings. The molecule has 0 aliphatic rings. The van der Waals surface area contributed by atoms with Gasteiger partial charge in [0.2, 0.25) is 11.8 Å². The number of hydrogen-bond donors (Lipinski definition) is 1. The van der Waals surface area contributed by atoms with E-state index < -0.39 is 5.97 Å². The molecule has 1 N–H and O–H groups in total. The second-order valence-electron chi connectivity index (χ2n) is 3.24. The van der Waals surface area contributed by atoms with E-state index in [1.807, 2.05) is 0 Å². The second-order valence-corrected chi connectivity index (χ2v) is 4.08. The number of carbonyl (C=O) groups is 1. The van der Waals surface area contributed by atoms with Crippen LogP contribution in [0.1, 0.15) is 5.89 Å². The average molecular weight is 285 g/mol. The van der Waals surface area contributed by atoms with E-state index in [4.69, 9.17) is 32.7 Å². The van der Waals surface area contributed by atoms with E-state index in [9.17, 15) is 4.79 Å². The van der Waals surface area contributed by atoms with Gasteiger partial charge in [-0.2, -0.15) is 0 Å². The van der Waals surface area contributed by atoms with Crippen molar-refractivity contribution in [2.24, 2.45) is 0 Å². The number of benzene rings is 1. The molecule has 0 spiro atoms. The Kier molecular flexibility index (Phi) is 3.64. The molecule has 92 valence electrons. The molecule has 0 radical (unpaired) electrons. The number of rotatable bonds is 3. The van der Waals surface area contributed by atoms with Gasteiger partial charge in [0.05, 0.1) is 10.6 Å². The van der Waals surface area contributed by atoms with Crippen molar-refractivity contribution < 1.29 is 14.3 Å². The van der Waals surface area contributed by atoms with E-state index in [2.05, 4.69) is 10.2 Å². The van der Waals surface area contributed by atoms with Gasteiger partial charge in [-0.15, -0.1) is 10.2 Å². The first-order valence-corrected chi connectivity index (χ1v) is 5.52. The standard InChI is InChI=1S/C11H6Cl2N2O3/c12-6-1-2-7(8(13)5-6)11-15-14-9(18-11)3-4-10(16)17/h1-5H,(H,16,17)/b4-3+. The average Bonchev–Trinajstić information content (AvgIpc) is 2.75.